The second-order valence-corrected chi connectivity index (χ2v) is 4.64. The zero-order valence-electron chi connectivity index (χ0n) is 8.75. The van der Waals surface area contributed by atoms with Crippen LogP contribution in [-0.2, 0) is 9.53 Å². The Kier molecular flexibility index (Phi) is 5.28. The molecule has 1 aromatic rings. The molecule has 0 fully saturated rings. The molecule has 0 radical (unpaired) electrons. The normalized spacial score (nSPS) is 11.8. The predicted molar refractivity (Wildman–Crippen MR) is 68.6 cm³/mol. The molecule has 0 aliphatic heterocycles. The second-order valence-electron chi connectivity index (χ2n) is 2.93. The minimum Gasteiger partial charge on any atom is -0.480 e. The lowest BCUT2D eigenvalue weighted by Gasteiger charge is -2.12. The van der Waals surface area contributed by atoms with E-state index in [1.807, 2.05) is 13.0 Å². The number of thioether (sulfide) groups is 1. The van der Waals surface area contributed by atoms with Crippen molar-refractivity contribution in [2.75, 3.05) is 6.61 Å². The van der Waals surface area contributed by atoms with Crippen molar-refractivity contribution in [2.24, 2.45) is 0 Å². The maximum absolute atomic E-state index is 11.1. The van der Waals surface area contributed by atoms with Crippen molar-refractivity contribution in [1.29, 1.82) is 0 Å². The molecule has 1 N–H and O–H groups in total. The monoisotopic (exact) mass is 256 g/mol. The van der Waals surface area contributed by atoms with Gasteiger partial charge in [-0.15, -0.1) is 0 Å². The summed E-state index contributed by atoms with van der Waals surface area (Å²) in [7, 11) is 0. The number of aliphatic carboxylic acids is 1. The fraction of sp³-hybridized carbons (Fsp3) is 0.273. The summed E-state index contributed by atoms with van der Waals surface area (Å²) in [6.07, 6.45) is 0. The van der Waals surface area contributed by atoms with Crippen LogP contribution in [0, 0.1) is 0 Å². The first-order valence-electron chi connectivity index (χ1n) is 4.76. The smallest absolute Gasteiger partial charge is 0.321 e. The first-order valence-corrected chi connectivity index (χ1v) is 6.05. The predicted octanol–water partition coefficient (Wildman–Crippen LogP) is 2.87. The van der Waals surface area contributed by atoms with E-state index < -0.39 is 11.2 Å². The van der Waals surface area contributed by atoms with Crippen LogP contribution < -0.4 is 0 Å². The van der Waals surface area contributed by atoms with Crippen molar-refractivity contribution in [2.45, 2.75) is 12.2 Å². The summed E-state index contributed by atoms with van der Waals surface area (Å²) in [6.45, 7) is 2.26. The Labute approximate surface area is 104 Å². The molecule has 0 aliphatic rings. The third-order valence-corrected chi connectivity index (χ3v) is 3.23. The van der Waals surface area contributed by atoms with Gasteiger partial charge in [-0.3, -0.25) is 4.79 Å². The minimum absolute atomic E-state index is 0.263. The van der Waals surface area contributed by atoms with Gasteiger partial charge in [0.05, 0.1) is 6.61 Å². The van der Waals surface area contributed by atoms with E-state index in [9.17, 15) is 4.79 Å². The van der Waals surface area contributed by atoms with Crippen molar-refractivity contribution in [3.8, 4) is 0 Å². The third kappa shape index (κ3) is 3.83. The van der Waals surface area contributed by atoms with Crippen LogP contribution in [0.3, 0.4) is 0 Å². The highest BCUT2D eigenvalue weighted by molar-refractivity contribution is 8.23. The fourth-order valence-electron chi connectivity index (χ4n) is 1.14. The van der Waals surface area contributed by atoms with E-state index in [0.29, 0.717) is 12.2 Å². The Morgan fingerprint density at radius 1 is 1.50 bits per heavy atom. The number of thiocarbonyl (C=S) groups is 1. The lowest BCUT2D eigenvalue weighted by molar-refractivity contribution is -0.136. The van der Waals surface area contributed by atoms with Crippen LogP contribution in [0.1, 0.15) is 17.7 Å². The molecule has 0 bridgehead atoms. The highest BCUT2D eigenvalue weighted by Gasteiger charge is 2.22. The van der Waals surface area contributed by atoms with Gasteiger partial charge in [-0.05, 0) is 24.7 Å². The van der Waals surface area contributed by atoms with E-state index in [0.717, 1.165) is 11.8 Å². The molecule has 0 amide bonds. The minimum atomic E-state index is -0.918. The Morgan fingerprint density at radius 2 is 2.12 bits per heavy atom. The van der Waals surface area contributed by atoms with Gasteiger partial charge in [0, 0.05) is 0 Å². The maximum atomic E-state index is 11.1. The Hall–Kier alpha value is -1.07. The van der Waals surface area contributed by atoms with Gasteiger partial charge in [0.15, 0.2) is 0 Å². The molecule has 0 saturated carbocycles. The van der Waals surface area contributed by atoms with Crippen LogP contribution in [0.4, 0.5) is 0 Å². The lowest BCUT2D eigenvalue weighted by atomic mass is 10.1. The molecule has 1 aromatic carbocycles. The van der Waals surface area contributed by atoms with Crippen LogP contribution in [0.15, 0.2) is 30.3 Å². The molecule has 1 atom stereocenters. The summed E-state index contributed by atoms with van der Waals surface area (Å²) in [5.74, 6) is -0.918. The standard InChI is InChI=1S/C11H12O3S2/c1-2-14-11(15)16-9(10(12)13)8-6-4-3-5-7-8/h3-7,9H,2H2,1H3,(H,12,13)/t9-/m0/s1. The number of carbonyl (C=O) groups is 1. The molecule has 1 rings (SSSR count). The number of ether oxygens (including phenoxy) is 1. The average molecular weight is 256 g/mol. The van der Waals surface area contributed by atoms with E-state index in [4.69, 9.17) is 22.1 Å². The molecule has 0 heterocycles. The van der Waals surface area contributed by atoms with Gasteiger partial charge in [0.2, 0.25) is 4.38 Å². The van der Waals surface area contributed by atoms with Crippen LogP contribution >= 0.6 is 24.0 Å². The molecule has 0 aromatic heterocycles. The van der Waals surface area contributed by atoms with Crippen LogP contribution in [0.5, 0.6) is 0 Å². The fourth-order valence-corrected chi connectivity index (χ4v) is 2.32. The van der Waals surface area contributed by atoms with Gasteiger partial charge >= 0.3 is 5.97 Å². The van der Waals surface area contributed by atoms with Gasteiger partial charge in [-0.1, -0.05) is 42.1 Å². The van der Waals surface area contributed by atoms with Gasteiger partial charge in [-0.2, -0.15) is 0 Å². The number of carboxylic acids is 1. The molecular formula is C11H12O3S2. The van der Waals surface area contributed by atoms with Crippen LogP contribution in [0.25, 0.3) is 0 Å². The molecule has 3 nitrogen and oxygen atoms in total. The van der Waals surface area contributed by atoms with Crippen molar-refractivity contribution < 1.29 is 14.6 Å². The summed E-state index contributed by atoms with van der Waals surface area (Å²) in [5, 5.41) is 8.40. The molecular weight excluding hydrogens is 244 g/mol. The van der Waals surface area contributed by atoms with Crippen LogP contribution in [-0.4, -0.2) is 22.1 Å². The zero-order chi connectivity index (χ0) is 12.0. The van der Waals surface area contributed by atoms with Crippen molar-refractivity contribution in [3.63, 3.8) is 0 Å². The number of hydrogen-bond acceptors (Lipinski definition) is 4. The summed E-state index contributed by atoms with van der Waals surface area (Å²) in [4.78, 5) is 11.1. The van der Waals surface area contributed by atoms with Crippen molar-refractivity contribution in [1.82, 2.24) is 0 Å². The molecule has 0 saturated heterocycles. The maximum Gasteiger partial charge on any atom is 0.321 e. The summed E-state index contributed by atoms with van der Waals surface area (Å²) >= 11 is 5.97. The zero-order valence-corrected chi connectivity index (χ0v) is 10.4. The summed E-state index contributed by atoms with van der Waals surface area (Å²) < 4.78 is 5.34. The van der Waals surface area contributed by atoms with Crippen molar-refractivity contribution in [3.05, 3.63) is 35.9 Å². The number of carboxylic acid groups (broad SMARTS) is 1. The first-order chi connectivity index (χ1) is 7.65. The van der Waals surface area contributed by atoms with E-state index in [-0.39, 0.29) is 4.38 Å². The average Bonchev–Trinajstić information content (AvgIpc) is 2.27. The molecule has 0 aliphatic carbocycles. The van der Waals surface area contributed by atoms with Crippen LogP contribution in [0.2, 0.25) is 0 Å². The third-order valence-electron chi connectivity index (χ3n) is 1.80. The largest absolute Gasteiger partial charge is 0.480 e. The molecule has 0 unspecified atom stereocenters. The van der Waals surface area contributed by atoms with Gasteiger partial charge in [-0.25, -0.2) is 0 Å². The summed E-state index contributed by atoms with van der Waals surface area (Å²) in [6, 6.07) is 8.97. The van der Waals surface area contributed by atoms with Gasteiger partial charge in [0.25, 0.3) is 0 Å². The quantitative estimate of drug-likeness (QED) is 0.839. The lowest BCUT2D eigenvalue weighted by Crippen LogP contribution is -2.11. The van der Waals surface area contributed by atoms with E-state index >= 15 is 0 Å². The Morgan fingerprint density at radius 3 is 2.62 bits per heavy atom. The number of benzene rings is 1. The van der Waals surface area contributed by atoms with Gasteiger partial charge in [0.1, 0.15) is 5.25 Å². The second kappa shape index (κ2) is 6.50. The first kappa shape index (κ1) is 13.0. The topological polar surface area (TPSA) is 46.5 Å². The van der Waals surface area contributed by atoms with Crippen molar-refractivity contribution >= 4 is 34.3 Å². The van der Waals surface area contributed by atoms with E-state index in [1.165, 1.54) is 0 Å². The number of rotatable bonds is 4. The Bertz CT molecular complexity index is 365. The van der Waals surface area contributed by atoms with E-state index in [2.05, 4.69) is 0 Å². The molecule has 16 heavy (non-hydrogen) atoms. The SMILES string of the molecule is CCOC(=S)S[C@H](C(=O)O)c1ccccc1. The summed E-state index contributed by atoms with van der Waals surface area (Å²) in [5.41, 5.74) is 0.710. The molecule has 5 heteroatoms. The highest BCUT2D eigenvalue weighted by atomic mass is 32.2. The molecule has 0 spiro atoms. The van der Waals surface area contributed by atoms with Gasteiger partial charge < -0.3 is 9.84 Å². The Balaban J connectivity index is 2.77. The number of hydrogen-bond donors (Lipinski definition) is 1. The van der Waals surface area contributed by atoms with E-state index in [1.54, 1.807) is 24.3 Å². The molecule has 86 valence electrons. The highest BCUT2D eigenvalue weighted by Crippen LogP contribution is 2.30.